The molecule has 0 bridgehead atoms. The molecular formula is C15H18N2O2. The molecule has 0 aliphatic carbocycles. The Kier molecular flexibility index (Phi) is 2.73. The van der Waals surface area contributed by atoms with E-state index in [4.69, 9.17) is 4.74 Å². The Labute approximate surface area is 112 Å². The number of fused-ring (bicyclic) bond motifs is 3. The number of nitrogens with zero attached hydrogens (tertiary/aromatic N) is 1. The van der Waals surface area contributed by atoms with Crippen LogP contribution in [0, 0.1) is 0 Å². The summed E-state index contributed by atoms with van der Waals surface area (Å²) in [5.41, 5.74) is 3.58. The standard InChI is InChI=1S/C15H18N2O2/c1-9-15-13(6-7-17(9)10(2)18)12-5-4-11(19-3)8-14(12)16-15/h4-5,8-9,16H,6-7H2,1-3H3/t9-/m0/s1. The number of carbonyl (C=O) groups excluding carboxylic acids is 1. The number of amides is 1. The molecule has 19 heavy (non-hydrogen) atoms. The number of aromatic amines is 1. The molecule has 2 aromatic rings. The summed E-state index contributed by atoms with van der Waals surface area (Å²) in [6.45, 7) is 4.50. The predicted octanol–water partition coefficient (Wildman–Crippen LogP) is 2.64. The summed E-state index contributed by atoms with van der Waals surface area (Å²) in [7, 11) is 1.67. The average Bonchev–Trinajstić information content (AvgIpc) is 2.77. The van der Waals surface area contributed by atoms with Gasteiger partial charge in [0, 0.05) is 36.1 Å². The van der Waals surface area contributed by atoms with E-state index in [0.29, 0.717) is 0 Å². The van der Waals surface area contributed by atoms with Crippen molar-refractivity contribution in [3.05, 3.63) is 29.5 Å². The molecule has 0 saturated heterocycles. The zero-order valence-corrected chi connectivity index (χ0v) is 11.5. The second-order valence-electron chi connectivity index (χ2n) is 5.07. The first-order valence-electron chi connectivity index (χ1n) is 6.57. The zero-order chi connectivity index (χ0) is 13.6. The van der Waals surface area contributed by atoms with E-state index < -0.39 is 0 Å². The molecule has 0 unspecified atom stereocenters. The summed E-state index contributed by atoms with van der Waals surface area (Å²) >= 11 is 0. The first-order valence-corrected chi connectivity index (χ1v) is 6.57. The van der Waals surface area contributed by atoms with Crippen LogP contribution in [-0.4, -0.2) is 29.4 Å². The maximum atomic E-state index is 11.6. The van der Waals surface area contributed by atoms with Crippen LogP contribution in [0.5, 0.6) is 5.75 Å². The number of methoxy groups -OCH3 is 1. The average molecular weight is 258 g/mol. The fourth-order valence-corrected chi connectivity index (χ4v) is 3.02. The molecule has 0 radical (unpaired) electrons. The van der Waals surface area contributed by atoms with Gasteiger partial charge in [-0.15, -0.1) is 0 Å². The largest absolute Gasteiger partial charge is 0.497 e. The van der Waals surface area contributed by atoms with Crippen molar-refractivity contribution >= 4 is 16.8 Å². The van der Waals surface area contributed by atoms with Crippen molar-refractivity contribution < 1.29 is 9.53 Å². The third kappa shape index (κ3) is 1.79. The molecule has 0 fully saturated rings. The third-order valence-corrected chi connectivity index (χ3v) is 4.04. The van der Waals surface area contributed by atoms with Crippen molar-refractivity contribution in [1.82, 2.24) is 9.88 Å². The summed E-state index contributed by atoms with van der Waals surface area (Å²) in [5, 5.41) is 1.24. The smallest absolute Gasteiger partial charge is 0.220 e. The highest BCUT2D eigenvalue weighted by Crippen LogP contribution is 2.35. The van der Waals surface area contributed by atoms with Crippen molar-refractivity contribution in [3.8, 4) is 5.75 Å². The second-order valence-corrected chi connectivity index (χ2v) is 5.07. The Bertz CT molecular complexity index is 645. The molecule has 4 nitrogen and oxygen atoms in total. The minimum Gasteiger partial charge on any atom is -0.497 e. The second kappa shape index (κ2) is 4.30. The molecule has 0 spiro atoms. The van der Waals surface area contributed by atoms with Gasteiger partial charge in [0.25, 0.3) is 0 Å². The highest BCUT2D eigenvalue weighted by Gasteiger charge is 2.28. The van der Waals surface area contributed by atoms with Gasteiger partial charge in [-0.3, -0.25) is 4.79 Å². The van der Waals surface area contributed by atoms with Crippen LogP contribution in [-0.2, 0) is 11.2 Å². The van der Waals surface area contributed by atoms with Crippen LogP contribution in [0.1, 0.15) is 31.1 Å². The van der Waals surface area contributed by atoms with Gasteiger partial charge in [0.2, 0.25) is 5.91 Å². The molecule has 1 aromatic heterocycles. The fourth-order valence-electron chi connectivity index (χ4n) is 3.02. The van der Waals surface area contributed by atoms with Crippen LogP contribution in [0.15, 0.2) is 18.2 Å². The number of hydrogen-bond acceptors (Lipinski definition) is 2. The van der Waals surface area contributed by atoms with Crippen molar-refractivity contribution in [2.24, 2.45) is 0 Å². The first kappa shape index (κ1) is 12.1. The maximum absolute atomic E-state index is 11.6. The topological polar surface area (TPSA) is 45.3 Å². The Morgan fingerprint density at radius 2 is 2.26 bits per heavy atom. The Hall–Kier alpha value is -1.97. The molecular weight excluding hydrogens is 240 g/mol. The van der Waals surface area contributed by atoms with Gasteiger partial charge in [-0.25, -0.2) is 0 Å². The van der Waals surface area contributed by atoms with E-state index in [0.717, 1.165) is 29.9 Å². The summed E-state index contributed by atoms with van der Waals surface area (Å²) in [4.78, 5) is 17.0. The van der Waals surface area contributed by atoms with E-state index in [1.54, 1.807) is 14.0 Å². The van der Waals surface area contributed by atoms with Crippen LogP contribution in [0.4, 0.5) is 0 Å². The molecule has 0 saturated carbocycles. The van der Waals surface area contributed by atoms with Crippen LogP contribution in [0.2, 0.25) is 0 Å². The highest BCUT2D eigenvalue weighted by molar-refractivity contribution is 5.87. The number of H-pyrrole nitrogens is 1. The molecule has 1 aromatic carbocycles. The van der Waals surface area contributed by atoms with Crippen molar-refractivity contribution in [1.29, 1.82) is 0 Å². The van der Waals surface area contributed by atoms with Crippen LogP contribution >= 0.6 is 0 Å². The van der Waals surface area contributed by atoms with Gasteiger partial charge >= 0.3 is 0 Å². The lowest BCUT2D eigenvalue weighted by atomic mass is 9.98. The molecule has 1 atom stereocenters. The van der Waals surface area contributed by atoms with E-state index in [9.17, 15) is 4.79 Å². The molecule has 4 heteroatoms. The number of ether oxygens (including phenoxy) is 1. The number of carbonyl (C=O) groups is 1. The van der Waals surface area contributed by atoms with Gasteiger partial charge in [-0.1, -0.05) is 0 Å². The lowest BCUT2D eigenvalue weighted by molar-refractivity contribution is -0.131. The monoisotopic (exact) mass is 258 g/mol. The fraction of sp³-hybridized carbons (Fsp3) is 0.400. The van der Waals surface area contributed by atoms with Crippen molar-refractivity contribution in [2.75, 3.05) is 13.7 Å². The van der Waals surface area contributed by atoms with Gasteiger partial charge in [0.15, 0.2) is 0 Å². The summed E-state index contributed by atoms with van der Waals surface area (Å²) in [6.07, 6.45) is 0.908. The minimum absolute atomic E-state index is 0.111. The van der Waals surface area contributed by atoms with E-state index >= 15 is 0 Å². The lowest BCUT2D eigenvalue weighted by Gasteiger charge is -2.32. The van der Waals surface area contributed by atoms with Crippen LogP contribution in [0.3, 0.4) is 0 Å². The van der Waals surface area contributed by atoms with Gasteiger partial charge < -0.3 is 14.6 Å². The molecule has 100 valence electrons. The van der Waals surface area contributed by atoms with Gasteiger partial charge in [0.05, 0.1) is 13.2 Å². The summed E-state index contributed by atoms with van der Waals surface area (Å²) in [5.74, 6) is 0.983. The van der Waals surface area contributed by atoms with Crippen LogP contribution in [0.25, 0.3) is 10.9 Å². The first-order chi connectivity index (χ1) is 9.11. The number of hydrogen-bond donors (Lipinski definition) is 1. The molecule has 1 amide bonds. The van der Waals surface area contributed by atoms with E-state index in [-0.39, 0.29) is 11.9 Å². The van der Waals surface area contributed by atoms with E-state index in [1.807, 2.05) is 17.0 Å². The third-order valence-electron chi connectivity index (χ3n) is 4.04. The maximum Gasteiger partial charge on any atom is 0.220 e. The Balaban J connectivity index is 2.12. The van der Waals surface area contributed by atoms with E-state index in [2.05, 4.69) is 18.0 Å². The Morgan fingerprint density at radius 1 is 1.47 bits per heavy atom. The normalized spacial score (nSPS) is 18.5. The number of benzene rings is 1. The Morgan fingerprint density at radius 3 is 2.95 bits per heavy atom. The number of aromatic nitrogens is 1. The van der Waals surface area contributed by atoms with Gasteiger partial charge in [-0.05, 0) is 31.0 Å². The molecule has 1 aliphatic heterocycles. The zero-order valence-electron chi connectivity index (χ0n) is 11.5. The van der Waals surface area contributed by atoms with Crippen LogP contribution < -0.4 is 4.74 Å². The highest BCUT2D eigenvalue weighted by atomic mass is 16.5. The lowest BCUT2D eigenvalue weighted by Crippen LogP contribution is -2.37. The molecule has 1 aliphatic rings. The van der Waals surface area contributed by atoms with Crippen molar-refractivity contribution in [2.45, 2.75) is 26.3 Å². The quantitative estimate of drug-likeness (QED) is 0.854. The molecule has 3 rings (SSSR count). The summed E-state index contributed by atoms with van der Waals surface area (Å²) in [6, 6.07) is 6.20. The van der Waals surface area contributed by atoms with Gasteiger partial charge in [-0.2, -0.15) is 0 Å². The molecule has 2 heterocycles. The minimum atomic E-state index is 0.111. The number of nitrogens with one attached hydrogen (secondary N) is 1. The summed E-state index contributed by atoms with van der Waals surface area (Å²) < 4.78 is 5.26. The van der Waals surface area contributed by atoms with Crippen molar-refractivity contribution in [3.63, 3.8) is 0 Å². The number of rotatable bonds is 1. The SMILES string of the molecule is COc1ccc2c3c([nH]c2c1)[C@H](C)N(C(C)=O)CC3. The van der Waals surface area contributed by atoms with Gasteiger partial charge in [0.1, 0.15) is 5.75 Å². The van der Waals surface area contributed by atoms with E-state index in [1.165, 1.54) is 10.9 Å². The molecule has 1 N–H and O–H groups in total. The predicted molar refractivity (Wildman–Crippen MR) is 74.4 cm³/mol.